The summed E-state index contributed by atoms with van der Waals surface area (Å²) in [7, 11) is 3.43. The van der Waals surface area contributed by atoms with Crippen LogP contribution in [0.15, 0.2) is 36.7 Å². The number of aldehydes is 1. The first-order valence-corrected chi connectivity index (χ1v) is 9.86. The maximum Gasteiger partial charge on any atom is 0.320 e. The minimum Gasteiger partial charge on any atom is -0.481 e. The summed E-state index contributed by atoms with van der Waals surface area (Å²) >= 11 is 0. The van der Waals surface area contributed by atoms with Gasteiger partial charge in [0.1, 0.15) is 17.8 Å². The van der Waals surface area contributed by atoms with Gasteiger partial charge in [0.05, 0.1) is 24.6 Å². The molecular formula is C21H25N7O5. The van der Waals surface area contributed by atoms with Gasteiger partial charge in [-0.15, -0.1) is 0 Å². The molecule has 174 valence electrons. The molecule has 0 radical (unpaired) electrons. The summed E-state index contributed by atoms with van der Waals surface area (Å²) in [6.45, 7) is 0.577. The topological polar surface area (TPSA) is 185 Å². The first-order chi connectivity index (χ1) is 15.7. The number of likely N-dealkylation sites (N-methyl/N-ethyl adjacent to an activating group) is 1. The molecular weight excluding hydrogens is 430 g/mol. The Kier molecular flexibility index (Phi) is 9.12. The molecule has 0 amide bonds. The number of nitrogens with zero attached hydrogens (tertiary/aromatic N) is 5. The third-order valence-corrected chi connectivity index (χ3v) is 4.53. The molecule has 33 heavy (non-hydrogen) atoms. The quantitative estimate of drug-likeness (QED) is 0.336. The molecule has 0 saturated heterocycles. The van der Waals surface area contributed by atoms with Gasteiger partial charge in [0.25, 0.3) is 0 Å². The zero-order valence-electron chi connectivity index (χ0n) is 18.2. The van der Waals surface area contributed by atoms with Gasteiger partial charge >= 0.3 is 11.9 Å². The van der Waals surface area contributed by atoms with Crippen molar-refractivity contribution in [1.82, 2.24) is 25.3 Å². The molecule has 0 aliphatic rings. The van der Waals surface area contributed by atoms with Crippen LogP contribution in [0.5, 0.6) is 0 Å². The molecule has 0 aliphatic heterocycles. The number of carboxylic acids is 2. The average Bonchev–Trinajstić information content (AvgIpc) is 2.79. The Morgan fingerprint density at radius 2 is 1.85 bits per heavy atom. The van der Waals surface area contributed by atoms with Crippen LogP contribution in [0.3, 0.4) is 0 Å². The number of nitrogens with two attached hydrogens (primary N) is 1. The number of nitrogen functional groups attached to an aromatic ring is 1. The standard InChI is InChI=1S/C15H14N6O.C6H11NO4/c1-21(12-4-2-10(9-22)3-5-12)8-11-6-17-14-13(19-11)7-18-15(16)20-14;1-7-4(6(10)11)2-3-5(8)9/h2-7,9H,8H2,1H3,(H2,16,17,18,20);4,7H,2-3H2,1H3,(H,8,9)(H,10,11). The number of aliphatic carboxylic acids is 2. The molecule has 1 aromatic carbocycles. The van der Waals surface area contributed by atoms with E-state index in [0.29, 0.717) is 23.3 Å². The molecule has 3 aromatic rings. The van der Waals surface area contributed by atoms with Crippen LogP contribution in [0.25, 0.3) is 11.2 Å². The lowest BCUT2D eigenvalue weighted by molar-refractivity contribution is -0.140. The first-order valence-electron chi connectivity index (χ1n) is 9.86. The maximum atomic E-state index is 10.7. The van der Waals surface area contributed by atoms with Gasteiger partial charge in [-0.2, -0.15) is 4.98 Å². The molecule has 0 saturated carbocycles. The number of hydrogen-bond acceptors (Lipinski definition) is 10. The van der Waals surface area contributed by atoms with Gasteiger partial charge in [-0.25, -0.2) is 15.0 Å². The Morgan fingerprint density at radius 1 is 1.15 bits per heavy atom. The zero-order valence-corrected chi connectivity index (χ0v) is 18.2. The molecule has 12 heteroatoms. The van der Waals surface area contributed by atoms with Crippen LogP contribution in [0.1, 0.15) is 28.9 Å². The molecule has 0 fully saturated rings. The van der Waals surface area contributed by atoms with Crippen molar-refractivity contribution in [3.63, 3.8) is 0 Å². The third-order valence-electron chi connectivity index (χ3n) is 4.53. The van der Waals surface area contributed by atoms with E-state index in [0.717, 1.165) is 17.7 Å². The Bertz CT molecular complexity index is 1110. The van der Waals surface area contributed by atoms with Crippen molar-refractivity contribution in [2.75, 3.05) is 24.7 Å². The van der Waals surface area contributed by atoms with Gasteiger partial charge in [-0.05, 0) is 37.7 Å². The van der Waals surface area contributed by atoms with E-state index in [-0.39, 0.29) is 18.8 Å². The fraction of sp³-hybridized carbons (Fsp3) is 0.286. The number of benzene rings is 1. The molecule has 3 rings (SSSR count). The molecule has 12 nitrogen and oxygen atoms in total. The van der Waals surface area contributed by atoms with Crippen molar-refractivity contribution in [1.29, 1.82) is 0 Å². The second-order valence-electron chi connectivity index (χ2n) is 6.98. The molecule has 0 bridgehead atoms. The number of fused-ring (bicyclic) bond motifs is 1. The highest BCUT2D eigenvalue weighted by Crippen LogP contribution is 2.16. The number of nitrogens with one attached hydrogen (secondary N) is 1. The van der Waals surface area contributed by atoms with Crippen LogP contribution in [0, 0.1) is 0 Å². The van der Waals surface area contributed by atoms with Gasteiger partial charge in [0, 0.05) is 24.7 Å². The summed E-state index contributed by atoms with van der Waals surface area (Å²) < 4.78 is 0. The molecule has 2 heterocycles. The van der Waals surface area contributed by atoms with Crippen molar-refractivity contribution in [3.8, 4) is 0 Å². The van der Waals surface area contributed by atoms with Crippen LogP contribution in [0.4, 0.5) is 11.6 Å². The van der Waals surface area contributed by atoms with E-state index in [2.05, 4.69) is 25.3 Å². The monoisotopic (exact) mass is 455 g/mol. The minimum atomic E-state index is -1.02. The lowest BCUT2D eigenvalue weighted by Crippen LogP contribution is -2.34. The van der Waals surface area contributed by atoms with Gasteiger partial charge in [0.2, 0.25) is 5.95 Å². The normalized spacial score (nSPS) is 11.2. The predicted molar refractivity (Wildman–Crippen MR) is 121 cm³/mol. The molecule has 1 unspecified atom stereocenters. The third kappa shape index (κ3) is 7.78. The van der Waals surface area contributed by atoms with Crippen molar-refractivity contribution in [3.05, 3.63) is 47.9 Å². The number of anilines is 2. The van der Waals surface area contributed by atoms with Crippen molar-refractivity contribution < 1.29 is 24.6 Å². The summed E-state index contributed by atoms with van der Waals surface area (Å²) in [5.41, 5.74) is 9.04. The Morgan fingerprint density at radius 3 is 2.42 bits per heavy atom. The highest BCUT2D eigenvalue weighted by atomic mass is 16.4. The van der Waals surface area contributed by atoms with Crippen molar-refractivity contribution in [2.24, 2.45) is 0 Å². The SMILES string of the molecule is CN(Cc1cnc2nc(N)ncc2n1)c1ccc(C=O)cc1.CNC(CCC(=O)O)C(=O)O. The Hall–Kier alpha value is -4.19. The lowest BCUT2D eigenvalue weighted by atomic mass is 10.1. The number of carboxylic acid groups (broad SMARTS) is 2. The molecule has 5 N–H and O–H groups in total. The number of carbonyl (C=O) groups excluding carboxylic acids is 1. The van der Waals surface area contributed by atoms with Crippen molar-refractivity contribution >= 4 is 41.0 Å². The van der Waals surface area contributed by atoms with Crippen LogP contribution >= 0.6 is 0 Å². The van der Waals surface area contributed by atoms with Gasteiger partial charge in [0.15, 0.2) is 5.65 Å². The van der Waals surface area contributed by atoms with Crippen LogP contribution in [0.2, 0.25) is 0 Å². The zero-order chi connectivity index (χ0) is 24.4. The van der Waals surface area contributed by atoms with E-state index in [1.807, 2.05) is 24.1 Å². The lowest BCUT2D eigenvalue weighted by Gasteiger charge is -2.18. The summed E-state index contributed by atoms with van der Waals surface area (Å²) in [5, 5.41) is 19.1. The fourth-order valence-electron chi connectivity index (χ4n) is 2.75. The van der Waals surface area contributed by atoms with E-state index in [4.69, 9.17) is 15.9 Å². The summed E-state index contributed by atoms with van der Waals surface area (Å²) in [6.07, 6.45) is 4.04. The van der Waals surface area contributed by atoms with Gasteiger partial charge < -0.3 is 26.2 Å². The van der Waals surface area contributed by atoms with Crippen LogP contribution in [-0.4, -0.2) is 68.5 Å². The van der Waals surface area contributed by atoms with E-state index >= 15 is 0 Å². The summed E-state index contributed by atoms with van der Waals surface area (Å²) in [4.78, 5) is 49.7. The van der Waals surface area contributed by atoms with E-state index < -0.39 is 18.0 Å². The highest BCUT2D eigenvalue weighted by molar-refractivity contribution is 5.76. The second kappa shape index (κ2) is 12.0. The molecule has 2 aromatic heterocycles. The highest BCUT2D eigenvalue weighted by Gasteiger charge is 2.15. The first kappa shape index (κ1) is 25.1. The number of aromatic nitrogens is 4. The van der Waals surface area contributed by atoms with Crippen LogP contribution in [-0.2, 0) is 16.1 Å². The Balaban J connectivity index is 0.000000299. The number of carbonyl (C=O) groups is 3. The second-order valence-corrected chi connectivity index (χ2v) is 6.98. The summed E-state index contributed by atoms with van der Waals surface area (Å²) in [5.74, 6) is -1.82. The van der Waals surface area contributed by atoms with E-state index in [1.165, 1.54) is 7.05 Å². The number of rotatable bonds is 9. The fourth-order valence-corrected chi connectivity index (χ4v) is 2.75. The van der Waals surface area contributed by atoms with Crippen molar-refractivity contribution in [2.45, 2.75) is 25.4 Å². The molecule has 0 spiro atoms. The predicted octanol–water partition coefficient (Wildman–Crippen LogP) is 0.975. The van der Waals surface area contributed by atoms with Gasteiger partial charge in [-0.1, -0.05) is 0 Å². The van der Waals surface area contributed by atoms with Gasteiger partial charge in [-0.3, -0.25) is 14.4 Å². The smallest absolute Gasteiger partial charge is 0.320 e. The van der Waals surface area contributed by atoms with E-state index in [9.17, 15) is 14.4 Å². The minimum absolute atomic E-state index is 0.112. The summed E-state index contributed by atoms with van der Waals surface area (Å²) in [6, 6.07) is 6.58. The Labute approximate surface area is 189 Å². The average molecular weight is 455 g/mol. The number of hydrogen-bond donors (Lipinski definition) is 4. The maximum absolute atomic E-state index is 10.7. The molecule has 1 atom stereocenters. The molecule has 0 aliphatic carbocycles. The van der Waals surface area contributed by atoms with E-state index in [1.54, 1.807) is 24.5 Å². The van der Waals surface area contributed by atoms with Crippen LogP contribution < -0.4 is 16.0 Å². The largest absolute Gasteiger partial charge is 0.481 e.